The third-order valence-electron chi connectivity index (χ3n) is 4.53. The maximum absolute atomic E-state index is 5.51. The van der Waals surface area contributed by atoms with Gasteiger partial charge in [0.05, 0.1) is 18.2 Å². The number of benzene rings is 1. The second-order valence-corrected chi connectivity index (χ2v) is 7.42. The van der Waals surface area contributed by atoms with Crippen LogP contribution in [0.2, 0.25) is 0 Å². The number of nitrogens with zero attached hydrogens (tertiary/aromatic N) is 2. The molecule has 2 aromatic heterocycles. The Morgan fingerprint density at radius 1 is 1.12 bits per heavy atom. The molecule has 2 heterocycles. The quantitative estimate of drug-likeness (QED) is 0.734. The largest absolute Gasteiger partial charge is 0.495 e. The maximum atomic E-state index is 5.51. The molecule has 0 atom stereocenters. The molecular weight excluding hydrogens is 318 g/mol. The highest BCUT2D eigenvalue weighted by molar-refractivity contribution is 7.19. The lowest BCUT2D eigenvalue weighted by molar-refractivity contribution is 0.416. The van der Waals surface area contributed by atoms with Gasteiger partial charge in [0.15, 0.2) is 0 Å². The average Bonchev–Trinajstić information content (AvgIpc) is 2.93. The second-order valence-electron chi connectivity index (χ2n) is 6.34. The highest BCUT2D eigenvalue weighted by Gasteiger charge is 2.21. The number of aromatic nitrogens is 2. The van der Waals surface area contributed by atoms with E-state index in [1.54, 1.807) is 7.11 Å². The van der Waals surface area contributed by atoms with Gasteiger partial charge in [0, 0.05) is 4.88 Å². The summed E-state index contributed by atoms with van der Waals surface area (Å²) in [5.41, 5.74) is 3.58. The van der Waals surface area contributed by atoms with E-state index in [4.69, 9.17) is 9.72 Å². The van der Waals surface area contributed by atoms with E-state index in [-0.39, 0.29) is 0 Å². The molecule has 1 aromatic carbocycles. The summed E-state index contributed by atoms with van der Waals surface area (Å²) >= 11 is 1.83. The number of anilines is 2. The van der Waals surface area contributed by atoms with Gasteiger partial charge in [-0.25, -0.2) is 9.97 Å². The van der Waals surface area contributed by atoms with Gasteiger partial charge in [-0.2, -0.15) is 0 Å². The molecule has 0 unspecified atom stereocenters. The summed E-state index contributed by atoms with van der Waals surface area (Å²) in [5.74, 6) is 2.53. The summed E-state index contributed by atoms with van der Waals surface area (Å²) in [6.07, 6.45) is 4.82. The highest BCUT2D eigenvalue weighted by atomic mass is 32.1. The average molecular weight is 339 g/mol. The van der Waals surface area contributed by atoms with Gasteiger partial charge in [0.25, 0.3) is 0 Å². The summed E-state index contributed by atoms with van der Waals surface area (Å²) < 4.78 is 5.51. The van der Waals surface area contributed by atoms with Crippen molar-refractivity contribution in [2.24, 2.45) is 0 Å². The molecule has 1 aliphatic rings. The van der Waals surface area contributed by atoms with Gasteiger partial charge in [0.2, 0.25) is 0 Å². The Kier molecular flexibility index (Phi) is 3.88. The number of methoxy groups -OCH3 is 1. The van der Waals surface area contributed by atoms with Gasteiger partial charge in [-0.3, -0.25) is 0 Å². The standard InChI is InChI=1S/C19H21N3OS/c1-11-8-9-15(23-3)14(10-11)22-18-17-13-6-4-5-7-16(13)24-19(17)21-12(2)20-18/h8-10H,4-7H2,1-3H3,(H,20,21,22). The van der Waals surface area contributed by atoms with Crippen LogP contribution in [0.25, 0.3) is 10.2 Å². The smallest absolute Gasteiger partial charge is 0.143 e. The highest BCUT2D eigenvalue weighted by Crippen LogP contribution is 2.40. The van der Waals surface area contributed by atoms with E-state index in [0.717, 1.165) is 34.3 Å². The molecule has 3 aromatic rings. The lowest BCUT2D eigenvalue weighted by Crippen LogP contribution is -2.03. The van der Waals surface area contributed by atoms with Crippen molar-refractivity contribution in [3.8, 4) is 5.75 Å². The summed E-state index contributed by atoms with van der Waals surface area (Å²) in [5, 5.41) is 4.71. The molecule has 1 aliphatic carbocycles. The first-order valence-corrected chi connectivity index (χ1v) is 9.18. The van der Waals surface area contributed by atoms with Crippen LogP contribution < -0.4 is 10.1 Å². The first-order chi connectivity index (χ1) is 11.7. The topological polar surface area (TPSA) is 47.0 Å². The summed E-state index contributed by atoms with van der Waals surface area (Å²) in [4.78, 5) is 12.0. The summed E-state index contributed by atoms with van der Waals surface area (Å²) in [6, 6.07) is 6.14. The lowest BCUT2D eigenvalue weighted by atomic mass is 9.97. The molecule has 5 heteroatoms. The van der Waals surface area contributed by atoms with Gasteiger partial charge >= 0.3 is 0 Å². The normalized spacial score (nSPS) is 13.8. The fourth-order valence-electron chi connectivity index (χ4n) is 3.40. The predicted octanol–water partition coefficient (Wildman–Crippen LogP) is 4.94. The number of rotatable bonds is 3. The van der Waals surface area contributed by atoms with E-state index in [2.05, 4.69) is 29.4 Å². The molecule has 4 rings (SSSR count). The first kappa shape index (κ1) is 15.4. The Morgan fingerprint density at radius 3 is 2.79 bits per heavy atom. The molecule has 0 bridgehead atoms. The number of fused-ring (bicyclic) bond motifs is 3. The molecule has 0 saturated heterocycles. The van der Waals surface area contributed by atoms with Crippen molar-refractivity contribution in [3.05, 3.63) is 40.0 Å². The molecule has 4 nitrogen and oxygen atoms in total. The van der Waals surface area contributed by atoms with Crippen LogP contribution in [-0.4, -0.2) is 17.1 Å². The minimum absolute atomic E-state index is 0.801. The Morgan fingerprint density at radius 2 is 1.96 bits per heavy atom. The van der Waals surface area contributed by atoms with Crippen LogP contribution in [0, 0.1) is 13.8 Å². The number of ether oxygens (including phenoxy) is 1. The van der Waals surface area contributed by atoms with Crippen molar-refractivity contribution in [2.75, 3.05) is 12.4 Å². The number of aryl methyl sites for hydroxylation is 4. The molecule has 0 fully saturated rings. The summed E-state index contributed by atoms with van der Waals surface area (Å²) in [7, 11) is 1.70. The zero-order valence-electron chi connectivity index (χ0n) is 14.3. The minimum Gasteiger partial charge on any atom is -0.495 e. The predicted molar refractivity (Wildman–Crippen MR) is 99.8 cm³/mol. The maximum Gasteiger partial charge on any atom is 0.143 e. The van der Waals surface area contributed by atoms with Crippen LogP contribution in [0.1, 0.15) is 34.7 Å². The van der Waals surface area contributed by atoms with Crippen LogP contribution in [0.4, 0.5) is 11.5 Å². The van der Waals surface area contributed by atoms with E-state index >= 15 is 0 Å². The molecule has 0 aliphatic heterocycles. The van der Waals surface area contributed by atoms with E-state index in [9.17, 15) is 0 Å². The molecule has 24 heavy (non-hydrogen) atoms. The molecule has 124 valence electrons. The number of nitrogens with one attached hydrogen (secondary N) is 1. The SMILES string of the molecule is COc1ccc(C)cc1Nc1nc(C)nc2sc3c(c12)CCCC3. The van der Waals surface area contributed by atoms with E-state index in [1.807, 2.05) is 24.3 Å². The molecular formula is C19H21N3OS. The second kappa shape index (κ2) is 6.06. The number of hydrogen-bond acceptors (Lipinski definition) is 5. The van der Waals surface area contributed by atoms with E-state index < -0.39 is 0 Å². The zero-order valence-corrected chi connectivity index (χ0v) is 15.1. The van der Waals surface area contributed by atoms with Crippen molar-refractivity contribution >= 4 is 33.1 Å². The third kappa shape index (κ3) is 2.63. The Bertz CT molecular complexity index is 917. The summed E-state index contributed by atoms with van der Waals surface area (Å²) in [6.45, 7) is 4.04. The molecule has 0 saturated carbocycles. The van der Waals surface area contributed by atoms with Crippen LogP contribution in [0.5, 0.6) is 5.75 Å². The van der Waals surface area contributed by atoms with Crippen LogP contribution in [0.15, 0.2) is 18.2 Å². The van der Waals surface area contributed by atoms with Gasteiger partial charge in [0.1, 0.15) is 22.2 Å². The lowest BCUT2D eigenvalue weighted by Gasteiger charge is -2.15. The monoisotopic (exact) mass is 339 g/mol. The first-order valence-electron chi connectivity index (χ1n) is 8.36. The van der Waals surface area contributed by atoms with E-state index in [0.29, 0.717) is 0 Å². The third-order valence-corrected chi connectivity index (χ3v) is 5.72. The van der Waals surface area contributed by atoms with Gasteiger partial charge in [-0.1, -0.05) is 6.07 Å². The fourth-order valence-corrected chi connectivity index (χ4v) is 4.71. The van der Waals surface area contributed by atoms with Crippen LogP contribution >= 0.6 is 11.3 Å². The molecule has 1 N–H and O–H groups in total. The molecule has 0 amide bonds. The van der Waals surface area contributed by atoms with Crippen molar-refractivity contribution < 1.29 is 4.74 Å². The van der Waals surface area contributed by atoms with Crippen molar-refractivity contribution in [2.45, 2.75) is 39.5 Å². The van der Waals surface area contributed by atoms with Crippen LogP contribution in [0.3, 0.4) is 0 Å². The van der Waals surface area contributed by atoms with Gasteiger partial charge in [-0.05, 0) is 62.8 Å². The van der Waals surface area contributed by atoms with Crippen LogP contribution in [-0.2, 0) is 12.8 Å². The fraction of sp³-hybridized carbons (Fsp3) is 0.368. The number of thiophene rings is 1. The molecule has 0 spiro atoms. The van der Waals surface area contributed by atoms with Gasteiger partial charge in [-0.15, -0.1) is 11.3 Å². The number of hydrogen-bond donors (Lipinski definition) is 1. The minimum atomic E-state index is 0.801. The Labute approximate surface area is 145 Å². The Hall–Kier alpha value is -2.14. The van der Waals surface area contributed by atoms with Gasteiger partial charge < -0.3 is 10.1 Å². The Balaban J connectivity index is 1.87. The van der Waals surface area contributed by atoms with E-state index in [1.165, 1.54) is 40.7 Å². The van der Waals surface area contributed by atoms with Crippen molar-refractivity contribution in [1.29, 1.82) is 0 Å². The zero-order chi connectivity index (χ0) is 16.7. The molecule has 0 radical (unpaired) electrons. The van der Waals surface area contributed by atoms with Crippen molar-refractivity contribution in [3.63, 3.8) is 0 Å². The van der Waals surface area contributed by atoms with Crippen molar-refractivity contribution in [1.82, 2.24) is 9.97 Å².